The third-order valence-corrected chi connectivity index (χ3v) is 6.99. The van der Waals surface area contributed by atoms with Gasteiger partial charge in [0, 0.05) is 41.4 Å². The summed E-state index contributed by atoms with van der Waals surface area (Å²) in [4.78, 5) is 28.7. The van der Waals surface area contributed by atoms with Crippen LogP contribution in [0.5, 0.6) is 5.75 Å². The maximum atomic E-state index is 13.5. The first kappa shape index (κ1) is 24.9. The van der Waals surface area contributed by atoms with Crippen LogP contribution in [0.25, 0.3) is 16.8 Å². The molecule has 37 heavy (non-hydrogen) atoms. The molecule has 3 aliphatic rings. The van der Waals surface area contributed by atoms with Crippen molar-refractivity contribution in [3.05, 3.63) is 57.5 Å². The number of ether oxygens (including phenoxy) is 2. The van der Waals surface area contributed by atoms with Gasteiger partial charge in [-0.15, -0.1) is 13.2 Å². The first-order chi connectivity index (χ1) is 17.4. The molecule has 0 bridgehead atoms. The van der Waals surface area contributed by atoms with E-state index in [2.05, 4.69) is 9.73 Å². The predicted molar refractivity (Wildman–Crippen MR) is 129 cm³/mol. The molecular weight excluding hydrogens is 493 g/mol. The van der Waals surface area contributed by atoms with Gasteiger partial charge in [0.2, 0.25) is 0 Å². The lowest BCUT2D eigenvalue weighted by Crippen LogP contribution is -2.50. The number of hydrogen-bond donors (Lipinski definition) is 2. The number of aromatic nitrogens is 1. The average molecular weight is 518 g/mol. The molecule has 0 radical (unpaired) electrons. The Balaban J connectivity index is 1.75. The third-order valence-electron chi connectivity index (χ3n) is 6.99. The van der Waals surface area contributed by atoms with Crippen molar-refractivity contribution in [3.8, 4) is 17.0 Å². The zero-order valence-electron chi connectivity index (χ0n) is 20.1. The number of pyridine rings is 1. The molecule has 12 heteroatoms. The Labute approximate surface area is 209 Å². The Morgan fingerprint density at radius 2 is 2.00 bits per heavy atom. The van der Waals surface area contributed by atoms with Gasteiger partial charge in [0.1, 0.15) is 11.3 Å². The van der Waals surface area contributed by atoms with E-state index < -0.39 is 34.6 Å². The van der Waals surface area contributed by atoms with Gasteiger partial charge in [-0.3, -0.25) is 19.5 Å². The summed E-state index contributed by atoms with van der Waals surface area (Å²) in [6.45, 7) is 4.81. The van der Waals surface area contributed by atoms with Crippen molar-refractivity contribution in [2.45, 2.75) is 50.7 Å². The van der Waals surface area contributed by atoms with Gasteiger partial charge < -0.3 is 20.3 Å². The number of carbonyl (C=O) groups is 1. The Morgan fingerprint density at radius 3 is 2.59 bits per heavy atom. The molecule has 2 aromatic rings. The van der Waals surface area contributed by atoms with E-state index >= 15 is 0 Å². The predicted octanol–water partition coefficient (Wildman–Crippen LogP) is 3.45. The Morgan fingerprint density at radius 1 is 1.27 bits per heavy atom. The Kier molecular flexibility index (Phi) is 5.81. The van der Waals surface area contributed by atoms with Crippen LogP contribution in [0.1, 0.15) is 54.2 Å². The number of nitrogens with two attached hydrogens (primary N) is 1. The number of nitrogens with zero attached hydrogens (tertiary/aromatic N) is 3. The monoisotopic (exact) mass is 518 g/mol. The fraction of sp³-hybridized carbons (Fsp3) is 0.400. The summed E-state index contributed by atoms with van der Waals surface area (Å²) >= 11 is 0. The van der Waals surface area contributed by atoms with Crippen LogP contribution in [-0.4, -0.2) is 53.1 Å². The molecule has 1 atom stereocenters. The minimum absolute atomic E-state index is 0.102. The molecule has 9 nitrogen and oxygen atoms in total. The molecule has 2 fully saturated rings. The standard InChI is InChI=1S/C25H25F3N4O5/c1-24(2)4-3-19-16-5-15(13(8-29)9-30-14-11-36-12-14)22(37-25(26,27)28)6-17(16)20-7-21(33)18(23(34)35)10-31(20)32(19)24/h5-10,14,19H,3-4,11-12,29H2,1-2H3,(H,34,35)/t19-/m1/s1. The van der Waals surface area contributed by atoms with Gasteiger partial charge in [-0.2, -0.15) is 0 Å². The molecule has 0 aliphatic carbocycles. The number of benzene rings is 1. The van der Waals surface area contributed by atoms with Crippen molar-refractivity contribution < 1.29 is 32.5 Å². The van der Waals surface area contributed by atoms with E-state index in [-0.39, 0.29) is 28.9 Å². The first-order valence-corrected chi connectivity index (χ1v) is 11.7. The van der Waals surface area contributed by atoms with Crippen molar-refractivity contribution in [3.63, 3.8) is 0 Å². The van der Waals surface area contributed by atoms with Crippen LogP contribution in [-0.2, 0) is 4.74 Å². The van der Waals surface area contributed by atoms with E-state index in [1.54, 1.807) is 10.7 Å². The average Bonchev–Trinajstić information content (AvgIpc) is 3.09. The number of carboxylic acids is 1. The number of aliphatic imine (C=N–C) groups is 1. The van der Waals surface area contributed by atoms with Gasteiger partial charge in [-0.25, -0.2) is 4.79 Å². The molecule has 2 saturated heterocycles. The molecule has 3 N–H and O–H groups in total. The molecule has 0 saturated carbocycles. The van der Waals surface area contributed by atoms with Crippen molar-refractivity contribution >= 4 is 17.8 Å². The van der Waals surface area contributed by atoms with Gasteiger partial charge in [0.15, 0.2) is 5.43 Å². The summed E-state index contributed by atoms with van der Waals surface area (Å²) in [5.74, 6) is -1.89. The van der Waals surface area contributed by atoms with Crippen molar-refractivity contribution in [1.82, 2.24) is 4.68 Å². The highest BCUT2D eigenvalue weighted by Crippen LogP contribution is 2.50. The summed E-state index contributed by atoms with van der Waals surface area (Å²) in [5, 5.41) is 11.5. The van der Waals surface area contributed by atoms with E-state index in [0.717, 1.165) is 12.5 Å². The summed E-state index contributed by atoms with van der Waals surface area (Å²) < 4.78 is 51.5. The lowest BCUT2D eigenvalue weighted by Gasteiger charge is -2.44. The molecule has 3 aliphatic heterocycles. The molecule has 5 rings (SSSR count). The quantitative estimate of drug-likeness (QED) is 0.582. The number of hydrogen-bond acceptors (Lipinski definition) is 7. The van der Waals surface area contributed by atoms with Crippen LogP contribution in [0.15, 0.2) is 40.4 Å². The second-order valence-electron chi connectivity index (χ2n) is 9.87. The van der Waals surface area contributed by atoms with Crippen LogP contribution in [0, 0.1) is 0 Å². The molecule has 0 unspecified atom stereocenters. The van der Waals surface area contributed by atoms with Crippen LogP contribution in [0.3, 0.4) is 0 Å². The molecular formula is C25H25F3N4O5. The lowest BCUT2D eigenvalue weighted by atomic mass is 9.90. The number of allylic oxidation sites excluding steroid dienone is 1. The zero-order chi connectivity index (χ0) is 26.7. The van der Waals surface area contributed by atoms with E-state index in [4.69, 9.17) is 10.5 Å². The number of fused-ring (bicyclic) bond motifs is 6. The van der Waals surface area contributed by atoms with Crippen molar-refractivity contribution in [1.29, 1.82) is 0 Å². The number of carboxylic acid groups (broad SMARTS) is 1. The summed E-state index contributed by atoms with van der Waals surface area (Å²) in [6, 6.07) is 3.57. The topological polar surface area (TPSA) is 119 Å². The number of alkyl halides is 3. The normalized spacial score (nSPS) is 20.8. The van der Waals surface area contributed by atoms with Gasteiger partial charge in [-0.05, 0) is 44.4 Å². The van der Waals surface area contributed by atoms with Crippen LogP contribution in [0.2, 0.25) is 0 Å². The summed E-state index contributed by atoms with van der Waals surface area (Å²) in [5.41, 5.74) is 5.84. The second kappa shape index (κ2) is 8.65. The van der Waals surface area contributed by atoms with Gasteiger partial charge >= 0.3 is 12.3 Å². The third kappa shape index (κ3) is 4.35. The highest BCUT2D eigenvalue weighted by molar-refractivity contribution is 6.11. The second-order valence-corrected chi connectivity index (χ2v) is 9.87. The number of rotatable bonds is 5. The van der Waals surface area contributed by atoms with E-state index in [1.807, 2.05) is 18.9 Å². The van der Waals surface area contributed by atoms with Crippen LogP contribution >= 0.6 is 0 Å². The highest BCUT2D eigenvalue weighted by atomic mass is 19.4. The fourth-order valence-electron chi connectivity index (χ4n) is 5.17. The smallest absolute Gasteiger partial charge is 0.477 e. The van der Waals surface area contributed by atoms with E-state index in [0.29, 0.717) is 30.8 Å². The molecule has 0 spiro atoms. The molecule has 0 amide bonds. The molecule has 1 aromatic carbocycles. The van der Waals surface area contributed by atoms with E-state index in [1.165, 1.54) is 24.7 Å². The minimum Gasteiger partial charge on any atom is -0.477 e. The summed E-state index contributed by atoms with van der Waals surface area (Å²) in [6.07, 6.45) is 0.204. The largest absolute Gasteiger partial charge is 0.573 e. The van der Waals surface area contributed by atoms with E-state index in [9.17, 15) is 27.9 Å². The SMILES string of the molecule is CC1(C)CC[C@@H]2c3cc(C(C=NC4COC4)=CN)c(OC(F)(F)F)cc3-c3cc(=O)c(C(=O)O)cn3N21. The minimum atomic E-state index is -5.00. The van der Waals surface area contributed by atoms with Gasteiger partial charge in [-0.1, -0.05) is 0 Å². The maximum absolute atomic E-state index is 13.5. The zero-order valence-corrected chi connectivity index (χ0v) is 20.1. The van der Waals surface area contributed by atoms with Crippen LogP contribution in [0.4, 0.5) is 13.2 Å². The van der Waals surface area contributed by atoms with Crippen molar-refractivity contribution in [2.75, 3.05) is 18.2 Å². The number of aromatic carboxylic acids is 1. The lowest BCUT2D eigenvalue weighted by molar-refractivity contribution is -0.274. The molecule has 196 valence electrons. The van der Waals surface area contributed by atoms with Gasteiger partial charge in [0.05, 0.1) is 36.5 Å². The van der Waals surface area contributed by atoms with Crippen LogP contribution < -0.4 is 20.9 Å². The highest BCUT2D eigenvalue weighted by Gasteiger charge is 2.45. The Hall–Kier alpha value is -3.80. The summed E-state index contributed by atoms with van der Waals surface area (Å²) in [7, 11) is 0. The Bertz CT molecular complexity index is 1390. The molecule has 4 heterocycles. The van der Waals surface area contributed by atoms with Crippen molar-refractivity contribution in [2.24, 2.45) is 10.7 Å². The van der Waals surface area contributed by atoms with Gasteiger partial charge in [0.25, 0.3) is 0 Å². The fourth-order valence-corrected chi connectivity index (χ4v) is 5.17. The first-order valence-electron chi connectivity index (χ1n) is 11.7. The number of halogens is 3. The maximum Gasteiger partial charge on any atom is 0.573 e. The molecule has 1 aromatic heterocycles.